The molecule has 3 N–H and O–H groups in total. The molecule has 1 aliphatic heterocycles. The van der Waals surface area contributed by atoms with E-state index in [1.165, 1.54) is 31.2 Å². The van der Waals surface area contributed by atoms with Gasteiger partial charge in [0.2, 0.25) is 11.8 Å². The zero-order chi connectivity index (χ0) is 36.1. The number of amides is 2. The number of hydrogen-bond acceptors (Lipinski definition) is 6. The summed E-state index contributed by atoms with van der Waals surface area (Å²) < 4.78 is 11.7. The highest BCUT2D eigenvalue weighted by Gasteiger charge is 2.26. The van der Waals surface area contributed by atoms with E-state index in [0.717, 1.165) is 49.5 Å². The van der Waals surface area contributed by atoms with Crippen molar-refractivity contribution in [2.45, 2.75) is 70.6 Å². The van der Waals surface area contributed by atoms with Crippen LogP contribution in [0.4, 0.5) is 5.69 Å². The van der Waals surface area contributed by atoms with Crippen LogP contribution < -0.4 is 25.4 Å². The highest BCUT2D eigenvalue weighted by Crippen LogP contribution is 2.22. The smallest absolute Gasteiger partial charge is 0.249 e. The summed E-state index contributed by atoms with van der Waals surface area (Å²) in [5.74, 6) is 1.13. The van der Waals surface area contributed by atoms with Gasteiger partial charge in [0.1, 0.15) is 24.1 Å². The molecule has 52 heavy (non-hydrogen) atoms. The Bertz CT molecular complexity index is 1710. The minimum Gasteiger partial charge on any atom is -0.494 e. The molecule has 7 heteroatoms. The van der Waals surface area contributed by atoms with E-state index in [-0.39, 0.29) is 11.8 Å². The first-order chi connectivity index (χ1) is 25.6. The molecule has 0 spiro atoms. The van der Waals surface area contributed by atoms with Gasteiger partial charge in [-0.25, -0.2) is 0 Å². The fourth-order valence-corrected chi connectivity index (χ4v) is 5.98. The van der Waals surface area contributed by atoms with Gasteiger partial charge in [0.25, 0.3) is 0 Å². The third kappa shape index (κ3) is 13.7. The summed E-state index contributed by atoms with van der Waals surface area (Å²) in [5, 5.41) is 9.03. The maximum atomic E-state index is 12.0. The zero-order valence-corrected chi connectivity index (χ0v) is 30.0. The van der Waals surface area contributed by atoms with Crippen LogP contribution in [0, 0.1) is 0 Å². The van der Waals surface area contributed by atoms with Crippen LogP contribution in [0.1, 0.15) is 60.8 Å². The number of benzene rings is 5. The standard InChI is InChI=1S/C29H33N3O4.C10H12.C6H6/c33-28-16-15-27(29(34)32-28)31-24-7-6-10-26(19-24)36-21-23-13-11-22(12-14-23)20-30-17-4-5-18-35-25-8-2-1-3-9-25;1-2-6-10-8-4-3-7-9(10)5-1;1-2-4-6-5-3-1/h1-3,6-14,19,27,30-31H,4-5,15-18,20-21H2,(H,32,33,34);1-2,5-6H,3-4,7-8H2;1-6H. The number of ether oxygens (including phenoxy) is 2. The van der Waals surface area contributed by atoms with Crippen molar-refractivity contribution < 1.29 is 19.1 Å². The van der Waals surface area contributed by atoms with Crippen LogP contribution in [0.15, 0.2) is 140 Å². The molecule has 1 fully saturated rings. The minimum absolute atomic E-state index is 0.221. The number of fused-ring (bicyclic) bond motifs is 1. The zero-order valence-electron chi connectivity index (χ0n) is 30.0. The first kappa shape index (κ1) is 37.8. The Hall–Kier alpha value is -5.40. The number of rotatable bonds is 13. The van der Waals surface area contributed by atoms with Crippen molar-refractivity contribution in [1.29, 1.82) is 0 Å². The number of nitrogens with one attached hydrogen (secondary N) is 3. The molecule has 0 saturated carbocycles. The van der Waals surface area contributed by atoms with Gasteiger partial charge in [-0.3, -0.25) is 14.9 Å². The van der Waals surface area contributed by atoms with Gasteiger partial charge in [-0.15, -0.1) is 0 Å². The van der Waals surface area contributed by atoms with Crippen molar-refractivity contribution in [1.82, 2.24) is 10.6 Å². The first-order valence-corrected chi connectivity index (χ1v) is 18.5. The Morgan fingerprint density at radius 3 is 1.90 bits per heavy atom. The average molecular weight is 698 g/mol. The van der Waals surface area contributed by atoms with E-state index in [0.29, 0.717) is 25.2 Å². The van der Waals surface area contributed by atoms with Gasteiger partial charge >= 0.3 is 0 Å². The lowest BCUT2D eigenvalue weighted by Gasteiger charge is -2.23. The normalized spacial score (nSPS) is 14.7. The van der Waals surface area contributed by atoms with Crippen LogP contribution in [0.3, 0.4) is 0 Å². The largest absolute Gasteiger partial charge is 0.494 e. The van der Waals surface area contributed by atoms with E-state index in [1.54, 1.807) is 11.1 Å². The molecule has 1 atom stereocenters. The van der Waals surface area contributed by atoms with Crippen molar-refractivity contribution in [3.8, 4) is 11.5 Å². The van der Waals surface area contributed by atoms with Gasteiger partial charge in [0, 0.05) is 24.7 Å². The number of piperidine rings is 1. The monoisotopic (exact) mass is 697 g/mol. The maximum absolute atomic E-state index is 12.0. The molecule has 0 aromatic heterocycles. The molecule has 2 aliphatic rings. The molecule has 1 unspecified atom stereocenters. The van der Waals surface area contributed by atoms with Crippen molar-refractivity contribution in [2.24, 2.45) is 0 Å². The van der Waals surface area contributed by atoms with Crippen molar-refractivity contribution in [2.75, 3.05) is 18.5 Å². The molecule has 1 saturated heterocycles. The molecule has 5 aromatic carbocycles. The predicted octanol–water partition coefficient (Wildman–Crippen LogP) is 8.68. The van der Waals surface area contributed by atoms with E-state index < -0.39 is 6.04 Å². The summed E-state index contributed by atoms with van der Waals surface area (Å²) >= 11 is 0. The number of para-hydroxylation sites is 1. The molecule has 270 valence electrons. The van der Waals surface area contributed by atoms with Crippen LogP contribution >= 0.6 is 0 Å². The van der Waals surface area contributed by atoms with Crippen LogP contribution in [0.25, 0.3) is 0 Å². The van der Waals surface area contributed by atoms with Crippen LogP contribution in [-0.4, -0.2) is 31.0 Å². The first-order valence-electron chi connectivity index (χ1n) is 18.5. The number of hydrogen-bond donors (Lipinski definition) is 3. The fourth-order valence-electron chi connectivity index (χ4n) is 5.98. The Kier molecular flexibility index (Phi) is 15.8. The summed E-state index contributed by atoms with van der Waals surface area (Å²) in [7, 11) is 0. The van der Waals surface area contributed by atoms with Crippen LogP contribution in [0.5, 0.6) is 11.5 Å². The van der Waals surface area contributed by atoms with E-state index >= 15 is 0 Å². The second kappa shape index (κ2) is 21.7. The SMILES string of the molecule is O=C1CCC(Nc2cccc(OCc3ccc(CNCCCCOc4ccccc4)cc3)c2)C(=O)N1.c1ccc2c(c1)CCCC2.c1ccccc1. The van der Waals surface area contributed by atoms with Gasteiger partial charge in [0.15, 0.2) is 0 Å². The molecule has 1 heterocycles. The van der Waals surface area contributed by atoms with Crippen molar-refractivity contribution >= 4 is 17.5 Å². The van der Waals surface area contributed by atoms with E-state index in [9.17, 15) is 9.59 Å². The number of aryl methyl sites for hydroxylation is 2. The number of imide groups is 1. The Labute approximate surface area is 308 Å². The molecule has 2 amide bonds. The number of carbonyl (C=O) groups excluding carboxylic acids is 2. The molecule has 7 rings (SSSR count). The van der Waals surface area contributed by atoms with Crippen molar-refractivity contribution in [3.63, 3.8) is 0 Å². The molecule has 7 nitrogen and oxygen atoms in total. The number of unbranched alkanes of at least 4 members (excludes halogenated alkanes) is 1. The molecular formula is C45H51N3O4. The third-order valence-electron chi connectivity index (χ3n) is 8.86. The Balaban J connectivity index is 0.000000264. The predicted molar refractivity (Wildman–Crippen MR) is 209 cm³/mol. The maximum Gasteiger partial charge on any atom is 0.249 e. The number of anilines is 1. The summed E-state index contributed by atoms with van der Waals surface area (Å²) in [6.45, 7) is 2.97. The molecular weight excluding hydrogens is 647 g/mol. The lowest BCUT2D eigenvalue weighted by Crippen LogP contribution is -2.47. The van der Waals surface area contributed by atoms with E-state index in [4.69, 9.17) is 9.47 Å². The van der Waals surface area contributed by atoms with Crippen LogP contribution in [-0.2, 0) is 35.6 Å². The van der Waals surface area contributed by atoms with E-state index in [1.807, 2.05) is 91.0 Å². The average Bonchev–Trinajstić information content (AvgIpc) is 3.20. The summed E-state index contributed by atoms with van der Waals surface area (Å²) in [4.78, 5) is 23.3. The molecule has 0 bridgehead atoms. The van der Waals surface area contributed by atoms with Crippen molar-refractivity contribution in [3.05, 3.63) is 162 Å². The second-order valence-electron chi connectivity index (χ2n) is 13.0. The topological polar surface area (TPSA) is 88.7 Å². The summed E-state index contributed by atoms with van der Waals surface area (Å²) in [6, 6.07) is 46.2. The molecule has 0 radical (unpaired) electrons. The highest BCUT2D eigenvalue weighted by atomic mass is 16.5. The Morgan fingerprint density at radius 2 is 1.23 bits per heavy atom. The quantitative estimate of drug-likeness (QED) is 0.0843. The fraction of sp³-hybridized carbons (Fsp3) is 0.289. The van der Waals surface area contributed by atoms with Gasteiger partial charge in [-0.2, -0.15) is 0 Å². The molecule has 1 aliphatic carbocycles. The lowest BCUT2D eigenvalue weighted by molar-refractivity contribution is -0.133. The van der Waals surface area contributed by atoms with Gasteiger partial charge in [-0.1, -0.05) is 109 Å². The summed E-state index contributed by atoms with van der Waals surface area (Å²) in [5.41, 5.74) is 6.26. The third-order valence-corrected chi connectivity index (χ3v) is 8.86. The summed E-state index contributed by atoms with van der Waals surface area (Å²) in [6.07, 6.45) is 8.29. The van der Waals surface area contributed by atoms with Gasteiger partial charge in [0.05, 0.1) is 6.61 Å². The minimum atomic E-state index is -0.415. The van der Waals surface area contributed by atoms with Gasteiger partial charge < -0.3 is 20.1 Å². The Morgan fingerprint density at radius 1 is 0.615 bits per heavy atom. The van der Waals surface area contributed by atoms with E-state index in [2.05, 4.69) is 64.5 Å². The lowest BCUT2D eigenvalue weighted by atomic mass is 9.92. The highest BCUT2D eigenvalue weighted by molar-refractivity contribution is 6.01. The van der Waals surface area contributed by atoms with Crippen LogP contribution in [0.2, 0.25) is 0 Å². The molecule has 5 aromatic rings. The number of carbonyl (C=O) groups is 2. The van der Waals surface area contributed by atoms with Gasteiger partial charge in [-0.05, 0) is 98.0 Å². The second-order valence-corrected chi connectivity index (χ2v) is 13.0.